The number of carboxylic acid groups (broad SMARTS) is 1. The van der Waals surface area contributed by atoms with Gasteiger partial charge in [-0.1, -0.05) is 24.6 Å². The van der Waals surface area contributed by atoms with E-state index in [1.165, 1.54) is 17.7 Å². The number of carboxylic acids is 1. The van der Waals surface area contributed by atoms with Gasteiger partial charge in [0, 0.05) is 23.2 Å². The van der Waals surface area contributed by atoms with Crippen LogP contribution in [0.15, 0.2) is 48.1 Å². The minimum Gasteiger partial charge on any atom is -0.481 e. The highest BCUT2D eigenvalue weighted by Gasteiger charge is 2.14. The predicted molar refractivity (Wildman–Crippen MR) is 127 cm³/mol. The number of aromatic nitrogens is 2. The first-order valence-corrected chi connectivity index (χ1v) is 11.5. The Morgan fingerprint density at radius 1 is 1.22 bits per heavy atom. The minimum absolute atomic E-state index is 0.114. The summed E-state index contributed by atoms with van der Waals surface area (Å²) in [5.41, 5.74) is 3.92. The number of aliphatic carboxylic acids is 1. The number of carbonyl (C=O) groups is 1. The molecule has 0 atom stereocenters. The van der Waals surface area contributed by atoms with E-state index in [9.17, 15) is 9.18 Å². The average Bonchev–Trinajstić information content (AvgIpc) is 3.24. The number of thiophene rings is 1. The van der Waals surface area contributed by atoms with E-state index in [0.29, 0.717) is 46.2 Å². The molecule has 0 spiro atoms. The fraction of sp³-hybridized carbons (Fsp3) is 0.208. The summed E-state index contributed by atoms with van der Waals surface area (Å²) in [4.78, 5) is 19.8. The number of hydrogen-bond donors (Lipinski definition) is 2. The first-order valence-electron chi connectivity index (χ1n) is 10.2. The van der Waals surface area contributed by atoms with E-state index in [-0.39, 0.29) is 12.2 Å². The van der Waals surface area contributed by atoms with Crippen molar-refractivity contribution in [3.05, 3.63) is 75.6 Å². The Bertz CT molecular complexity index is 1290. The van der Waals surface area contributed by atoms with E-state index in [0.717, 1.165) is 22.1 Å². The van der Waals surface area contributed by atoms with Gasteiger partial charge in [0.15, 0.2) is 0 Å². The number of rotatable bonds is 8. The van der Waals surface area contributed by atoms with Gasteiger partial charge in [0.05, 0.1) is 16.8 Å². The lowest BCUT2D eigenvalue weighted by molar-refractivity contribution is -0.136. The zero-order chi connectivity index (χ0) is 22.7. The fourth-order valence-corrected chi connectivity index (χ4v) is 4.78. The van der Waals surface area contributed by atoms with Crippen molar-refractivity contribution in [2.45, 2.75) is 26.2 Å². The topological polar surface area (TPSA) is 75.1 Å². The fourth-order valence-electron chi connectivity index (χ4n) is 3.69. The van der Waals surface area contributed by atoms with Crippen molar-refractivity contribution in [2.75, 3.05) is 11.9 Å². The molecule has 164 valence electrons. The number of hydrogen-bond acceptors (Lipinski definition) is 5. The zero-order valence-electron chi connectivity index (χ0n) is 17.4. The third-order valence-corrected chi connectivity index (χ3v) is 6.52. The van der Waals surface area contributed by atoms with Crippen molar-refractivity contribution < 1.29 is 14.3 Å². The van der Waals surface area contributed by atoms with Gasteiger partial charge in [-0.2, -0.15) is 0 Å². The summed E-state index contributed by atoms with van der Waals surface area (Å²) in [5, 5.41) is 15.6. The molecule has 0 radical (unpaired) electrons. The molecule has 2 heterocycles. The molecule has 0 amide bonds. The number of halogens is 2. The van der Waals surface area contributed by atoms with Crippen LogP contribution in [-0.4, -0.2) is 27.6 Å². The van der Waals surface area contributed by atoms with Gasteiger partial charge in [0.1, 0.15) is 18.0 Å². The molecule has 0 aliphatic carbocycles. The smallest absolute Gasteiger partial charge is 0.307 e. The van der Waals surface area contributed by atoms with Gasteiger partial charge < -0.3 is 10.4 Å². The number of nitrogens with one attached hydrogen (secondary N) is 1. The normalized spacial score (nSPS) is 11.1. The Labute approximate surface area is 193 Å². The number of nitrogens with zero attached hydrogens (tertiary/aromatic N) is 2. The van der Waals surface area contributed by atoms with Crippen molar-refractivity contribution >= 4 is 44.8 Å². The molecular formula is C24H21ClFN3O2S. The van der Waals surface area contributed by atoms with Crippen molar-refractivity contribution in [2.24, 2.45) is 0 Å². The van der Waals surface area contributed by atoms with Gasteiger partial charge in [0.2, 0.25) is 0 Å². The average molecular weight is 470 g/mol. The maximum Gasteiger partial charge on any atom is 0.307 e. The summed E-state index contributed by atoms with van der Waals surface area (Å²) in [6, 6.07) is 11.0. The van der Waals surface area contributed by atoms with Crippen LogP contribution in [0.2, 0.25) is 5.02 Å². The van der Waals surface area contributed by atoms with Crippen molar-refractivity contribution in [3.8, 4) is 11.3 Å². The van der Waals surface area contributed by atoms with E-state index < -0.39 is 5.97 Å². The van der Waals surface area contributed by atoms with E-state index >= 15 is 0 Å². The summed E-state index contributed by atoms with van der Waals surface area (Å²) in [6.45, 7) is 2.55. The van der Waals surface area contributed by atoms with Crippen LogP contribution in [0.3, 0.4) is 0 Å². The molecule has 0 unspecified atom stereocenters. The summed E-state index contributed by atoms with van der Waals surface area (Å²) >= 11 is 7.80. The van der Waals surface area contributed by atoms with Crippen molar-refractivity contribution in [1.82, 2.24) is 9.97 Å². The standard InChI is InChI=1S/C24H21ClFN3O2S/c1-2-15-9-17(10-19(25)18(15)11-23(30)31)21-12-22(29-13-28-21)27-5-3-14-7-16-4-6-32-24(16)20(26)8-14/h4,6-10,12-13H,2-3,5,11H2,1H3,(H,30,31)(H,27,28,29). The highest BCUT2D eigenvalue weighted by Crippen LogP contribution is 2.30. The predicted octanol–water partition coefficient (Wildman–Crippen LogP) is 5.99. The maximum atomic E-state index is 14.2. The third-order valence-electron chi connectivity index (χ3n) is 5.25. The Balaban J connectivity index is 1.49. The number of aryl methyl sites for hydroxylation is 1. The maximum absolute atomic E-state index is 14.2. The molecule has 32 heavy (non-hydrogen) atoms. The van der Waals surface area contributed by atoms with E-state index in [4.69, 9.17) is 16.7 Å². The molecule has 0 bridgehead atoms. The number of fused-ring (bicyclic) bond motifs is 1. The van der Waals surface area contributed by atoms with E-state index in [1.807, 2.05) is 36.6 Å². The minimum atomic E-state index is -0.916. The van der Waals surface area contributed by atoms with Crippen LogP contribution in [-0.2, 0) is 24.1 Å². The first-order chi connectivity index (χ1) is 15.4. The molecule has 0 aliphatic heterocycles. The zero-order valence-corrected chi connectivity index (χ0v) is 18.9. The lowest BCUT2D eigenvalue weighted by atomic mass is 9.98. The Morgan fingerprint density at radius 3 is 2.84 bits per heavy atom. The van der Waals surface area contributed by atoms with Crippen molar-refractivity contribution in [3.63, 3.8) is 0 Å². The quantitative estimate of drug-likeness (QED) is 0.331. The Hall–Kier alpha value is -3.03. The van der Waals surface area contributed by atoms with Gasteiger partial charge >= 0.3 is 5.97 Å². The molecule has 5 nitrogen and oxygen atoms in total. The molecule has 0 aliphatic rings. The second-order valence-corrected chi connectivity index (χ2v) is 8.72. The van der Waals surface area contributed by atoms with Gasteiger partial charge in [0.25, 0.3) is 0 Å². The van der Waals surface area contributed by atoms with Crippen LogP contribution >= 0.6 is 22.9 Å². The van der Waals surface area contributed by atoms with Crippen LogP contribution < -0.4 is 5.32 Å². The van der Waals surface area contributed by atoms with Crippen molar-refractivity contribution in [1.29, 1.82) is 0 Å². The van der Waals surface area contributed by atoms with Crippen LogP contribution in [0.1, 0.15) is 23.6 Å². The summed E-state index contributed by atoms with van der Waals surface area (Å²) in [7, 11) is 0. The van der Waals surface area contributed by atoms with Gasteiger partial charge in [-0.15, -0.1) is 11.3 Å². The summed E-state index contributed by atoms with van der Waals surface area (Å²) in [6.07, 6.45) is 2.67. The molecule has 0 saturated carbocycles. The molecule has 4 aromatic rings. The van der Waals surface area contributed by atoms with Crippen LogP contribution in [0.5, 0.6) is 0 Å². The van der Waals surface area contributed by atoms with Gasteiger partial charge in [-0.25, -0.2) is 14.4 Å². The van der Waals surface area contributed by atoms with Gasteiger partial charge in [-0.3, -0.25) is 4.79 Å². The van der Waals surface area contributed by atoms with Crippen LogP contribution in [0.4, 0.5) is 10.2 Å². The third kappa shape index (κ3) is 4.89. The highest BCUT2D eigenvalue weighted by molar-refractivity contribution is 7.17. The molecule has 2 N–H and O–H groups in total. The molecule has 0 saturated heterocycles. The van der Waals surface area contributed by atoms with Crippen LogP contribution in [0, 0.1) is 5.82 Å². The molecular weight excluding hydrogens is 449 g/mol. The molecule has 4 rings (SSSR count). The Kier molecular flexibility index (Phi) is 6.67. The molecule has 8 heteroatoms. The van der Waals surface area contributed by atoms with Crippen LogP contribution in [0.25, 0.3) is 21.3 Å². The lowest BCUT2D eigenvalue weighted by Gasteiger charge is -2.12. The number of benzene rings is 2. The second-order valence-electron chi connectivity index (χ2n) is 7.40. The summed E-state index contributed by atoms with van der Waals surface area (Å²) in [5.74, 6) is -0.455. The SMILES string of the molecule is CCc1cc(-c2cc(NCCc3cc(F)c4sccc4c3)ncn2)cc(Cl)c1CC(=O)O. The second kappa shape index (κ2) is 9.63. The summed E-state index contributed by atoms with van der Waals surface area (Å²) < 4.78 is 14.9. The monoisotopic (exact) mass is 469 g/mol. The molecule has 0 fully saturated rings. The number of anilines is 1. The Morgan fingerprint density at radius 2 is 2.06 bits per heavy atom. The first kappa shape index (κ1) is 22.2. The lowest BCUT2D eigenvalue weighted by Crippen LogP contribution is -2.07. The molecule has 2 aromatic carbocycles. The van der Waals surface area contributed by atoms with E-state index in [1.54, 1.807) is 12.1 Å². The van der Waals surface area contributed by atoms with Gasteiger partial charge in [-0.05, 0) is 64.6 Å². The largest absolute Gasteiger partial charge is 0.481 e. The molecule has 2 aromatic heterocycles. The highest BCUT2D eigenvalue weighted by atomic mass is 35.5. The van der Waals surface area contributed by atoms with E-state index in [2.05, 4.69) is 15.3 Å².